The van der Waals surface area contributed by atoms with E-state index in [0.717, 1.165) is 11.4 Å². The standard InChI is InChI=1S/C20H15ClN4O2/c21-14-5-3-7-16(11-14)25-18(19-8-4-10-27-19)12-17(24-25)20(26)23-13-15-6-1-2-9-22-15/h1-12H,13H2,(H,23,26). The Balaban J connectivity index is 1.66. The summed E-state index contributed by atoms with van der Waals surface area (Å²) in [5, 5.41) is 7.86. The van der Waals surface area contributed by atoms with Gasteiger partial charge in [0, 0.05) is 17.3 Å². The first-order valence-electron chi connectivity index (χ1n) is 8.29. The molecule has 7 heteroatoms. The zero-order valence-electron chi connectivity index (χ0n) is 14.2. The van der Waals surface area contributed by atoms with Crippen LogP contribution in [0.25, 0.3) is 17.1 Å². The highest BCUT2D eigenvalue weighted by Crippen LogP contribution is 2.25. The predicted octanol–water partition coefficient (Wildman–Crippen LogP) is 4.11. The molecule has 6 nitrogen and oxygen atoms in total. The van der Waals surface area contributed by atoms with Crippen molar-refractivity contribution in [3.63, 3.8) is 0 Å². The Hall–Kier alpha value is -3.38. The van der Waals surface area contributed by atoms with E-state index in [-0.39, 0.29) is 11.6 Å². The summed E-state index contributed by atoms with van der Waals surface area (Å²) < 4.78 is 7.14. The smallest absolute Gasteiger partial charge is 0.272 e. The van der Waals surface area contributed by atoms with E-state index in [9.17, 15) is 4.79 Å². The average Bonchev–Trinajstić information content (AvgIpc) is 3.36. The van der Waals surface area contributed by atoms with Crippen molar-refractivity contribution in [1.29, 1.82) is 0 Å². The number of pyridine rings is 1. The molecule has 0 saturated carbocycles. The quantitative estimate of drug-likeness (QED) is 0.567. The van der Waals surface area contributed by atoms with Gasteiger partial charge in [0.1, 0.15) is 5.69 Å². The van der Waals surface area contributed by atoms with E-state index in [1.165, 1.54) is 0 Å². The Bertz CT molecular complexity index is 1060. The summed E-state index contributed by atoms with van der Waals surface area (Å²) in [6.45, 7) is 0.319. The molecule has 1 aromatic carbocycles. The fraction of sp³-hybridized carbons (Fsp3) is 0.0500. The molecule has 1 amide bonds. The van der Waals surface area contributed by atoms with Gasteiger partial charge in [0.25, 0.3) is 5.91 Å². The van der Waals surface area contributed by atoms with Gasteiger partial charge in [0.15, 0.2) is 11.5 Å². The highest BCUT2D eigenvalue weighted by Gasteiger charge is 2.18. The SMILES string of the molecule is O=C(NCc1ccccn1)c1cc(-c2ccco2)n(-c2cccc(Cl)c2)n1. The fourth-order valence-electron chi connectivity index (χ4n) is 2.66. The third-order valence-electron chi connectivity index (χ3n) is 3.92. The van der Waals surface area contributed by atoms with E-state index < -0.39 is 0 Å². The Kier molecular flexibility index (Phi) is 4.72. The van der Waals surface area contributed by atoms with E-state index in [4.69, 9.17) is 16.0 Å². The second-order valence-corrected chi connectivity index (χ2v) is 6.22. The van der Waals surface area contributed by atoms with Crippen molar-refractivity contribution in [3.8, 4) is 17.1 Å². The number of benzene rings is 1. The number of nitrogens with one attached hydrogen (secondary N) is 1. The van der Waals surface area contributed by atoms with Crippen LogP contribution in [0.1, 0.15) is 16.2 Å². The molecule has 0 fully saturated rings. The zero-order valence-corrected chi connectivity index (χ0v) is 14.9. The zero-order chi connectivity index (χ0) is 18.6. The molecule has 0 spiro atoms. The summed E-state index contributed by atoms with van der Waals surface area (Å²) in [6, 6.07) is 18.1. The van der Waals surface area contributed by atoms with Gasteiger partial charge in [-0.2, -0.15) is 5.10 Å². The summed E-state index contributed by atoms with van der Waals surface area (Å²) in [4.78, 5) is 16.8. The molecule has 134 valence electrons. The highest BCUT2D eigenvalue weighted by molar-refractivity contribution is 6.30. The monoisotopic (exact) mass is 378 g/mol. The summed E-state index contributed by atoms with van der Waals surface area (Å²) in [6.07, 6.45) is 3.26. The number of furan rings is 1. The van der Waals surface area contributed by atoms with Gasteiger partial charge in [-0.3, -0.25) is 9.78 Å². The van der Waals surface area contributed by atoms with Crippen LogP contribution in [0.4, 0.5) is 0 Å². The van der Waals surface area contributed by atoms with Crippen molar-refractivity contribution in [3.05, 3.63) is 89.5 Å². The first-order valence-corrected chi connectivity index (χ1v) is 8.66. The summed E-state index contributed by atoms with van der Waals surface area (Å²) in [5.41, 5.74) is 2.44. The fourth-order valence-corrected chi connectivity index (χ4v) is 2.85. The van der Waals surface area contributed by atoms with Gasteiger partial charge < -0.3 is 9.73 Å². The predicted molar refractivity (Wildman–Crippen MR) is 102 cm³/mol. The lowest BCUT2D eigenvalue weighted by molar-refractivity contribution is 0.0945. The van der Waals surface area contributed by atoms with Crippen LogP contribution < -0.4 is 5.32 Å². The van der Waals surface area contributed by atoms with Gasteiger partial charge in [-0.05, 0) is 42.5 Å². The molecule has 0 unspecified atom stereocenters. The largest absolute Gasteiger partial charge is 0.463 e. The molecule has 0 atom stereocenters. The molecular weight excluding hydrogens is 364 g/mol. The molecule has 4 aromatic rings. The van der Waals surface area contributed by atoms with Crippen LogP contribution in [0.15, 0.2) is 77.5 Å². The Morgan fingerprint density at radius 1 is 1.11 bits per heavy atom. The average molecular weight is 379 g/mol. The van der Waals surface area contributed by atoms with Crippen LogP contribution in [0, 0.1) is 0 Å². The number of hydrogen-bond donors (Lipinski definition) is 1. The molecule has 0 bridgehead atoms. The Labute approximate surface area is 160 Å². The van der Waals surface area contributed by atoms with Crippen LogP contribution in [0.5, 0.6) is 0 Å². The Morgan fingerprint density at radius 3 is 2.78 bits per heavy atom. The molecule has 0 saturated heterocycles. The minimum atomic E-state index is -0.297. The number of aromatic nitrogens is 3. The molecule has 0 aliphatic carbocycles. The van der Waals surface area contributed by atoms with E-state index in [0.29, 0.717) is 23.0 Å². The molecule has 0 aliphatic heterocycles. The molecular formula is C20H15ClN4O2. The van der Waals surface area contributed by atoms with Crippen molar-refractivity contribution < 1.29 is 9.21 Å². The second kappa shape index (κ2) is 7.47. The van der Waals surface area contributed by atoms with E-state index in [1.807, 2.05) is 36.4 Å². The van der Waals surface area contributed by atoms with Crippen LogP contribution >= 0.6 is 11.6 Å². The topological polar surface area (TPSA) is 73.0 Å². The second-order valence-electron chi connectivity index (χ2n) is 5.79. The van der Waals surface area contributed by atoms with Crippen LogP contribution in [0.3, 0.4) is 0 Å². The maximum atomic E-state index is 12.6. The van der Waals surface area contributed by atoms with Crippen molar-refractivity contribution in [2.75, 3.05) is 0 Å². The third kappa shape index (κ3) is 3.75. The highest BCUT2D eigenvalue weighted by atomic mass is 35.5. The molecule has 3 aromatic heterocycles. The van der Waals surface area contributed by atoms with E-state index in [2.05, 4.69) is 15.4 Å². The molecule has 0 radical (unpaired) electrons. The van der Waals surface area contributed by atoms with Crippen LogP contribution in [-0.4, -0.2) is 20.7 Å². The summed E-state index contributed by atoms with van der Waals surface area (Å²) in [5.74, 6) is 0.306. The minimum Gasteiger partial charge on any atom is -0.463 e. The normalized spacial score (nSPS) is 10.7. The Morgan fingerprint density at radius 2 is 2.04 bits per heavy atom. The molecule has 0 aliphatic rings. The summed E-state index contributed by atoms with van der Waals surface area (Å²) >= 11 is 6.11. The maximum absolute atomic E-state index is 12.6. The molecule has 4 rings (SSSR count). The lowest BCUT2D eigenvalue weighted by Gasteiger charge is -2.06. The number of carbonyl (C=O) groups is 1. The lowest BCUT2D eigenvalue weighted by atomic mass is 10.2. The van der Waals surface area contributed by atoms with Crippen molar-refractivity contribution in [2.45, 2.75) is 6.54 Å². The van der Waals surface area contributed by atoms with Crippen LogP contribution in [0.2, 0.25) is 5.02 Å². The molecule has 27 heavy (non-hydrogen) atoms. The first kappa shape index (κ1) is 17.1. The van der Waals surface area contributed by atoms with Crippen LogP contribution in [-0.2, 0) is 6.54 Å². The maximum Gasteiger partial charge on any atom is 0.272 e. The number of nitrogens with zero attached hydrogens (tertiary/aromatic N) is 3. The minimum absolute atomic E-state index is 0.275. The van der Waals surface area contributed by atoms with Gasteiger partial charge in [-0.1, -0.05) is 23.7 Å². The summed E-state index contributed by atoms with van der Waals surface area (Å²) in [7, 11) is 0. The van der Waals surface area contributed by atoms with Crippen molar-refractivity contribution in [2.24, 2.45) is 0 Å². The number of halogens is 1. The van der Waals surface area contributed by atoms with E-state index in [1.54, 1.807) is 41.4 Å². The third-order valence-corrected chi connectivity index (χ3v) is 4.16. The molecule has 3 heterocycles. The van der Waals surface area contributed by atoms with Gasteiger partial charge in [0.05, 0.1) is 24.2 Å². The number of rotatable bonds is 5. The van der Waals surface area contributed by atoms with E-state index >= 15 is 0 Å². The van der Waals surface area contributed by atoms with Gasteiger partial charge in [-0.15, -0.1) is 0 Å². The van der Waals surface area contributed by atoms with Crippen molar-refractivity contribution in [1.82, 2.24) is 20.1 Å². The number of hydrogen-bond acceptors (Lipinski definition) is 4. The number of carbonyl (C=O) groups excluding carboxylic acids is 1. The van der Waals surface area contributed by atoms with Gasteiger partial charge >= 0.3 is 0 Å². The van der Waals surface area contributed by atoms with Crippen molar-refractivity contribution >= 4 is 17.5 Å². The van der Waals surface area contributed by atoms with Gasteiger partial charge in [0.2, 0.25) is 0 Å². The van der Waals surface area contributed by atoms with Gasteiger partial charge in [-0.25, -0.2) is 4.68 Å². The molecule has 1 N–H and O–H groups in total. The first-order chi connectivity index (χ1) is 13.2. The lowest BCUT2D eigenvalue weighted by Crippen LogP contribution is -2.23. The number of amides is 1.